The number of methoxy groups -OCH3 is 2. The van der Waals surface area contributed by atoms with Gasteiger partial charge in [0, 0.05) is 38.9 Å². The number of halogens is 1. The molecule has 36 heavy (non-hydrogen) atoms. The second-order valence-electron chi connectivity index (χ2n) is 11.9. The van der Waals surface area contributed by atoms with Gasteiger partial charge >= 0.3 is 5.97 Å². The number of ether oxygens (including phenoxy) is 4. The second kappa shape index (κ2) is 13.0. The van der Waals surface area contributed by atoms with E-state index < -0.39 is 14.1 Å². The van der Waals surface area contributed by atoms with Gasteiger partial charge in [-0.3, -0.25) is 4.79 Å². The molecule has 2 aliphatic rings. The Balaban J connectivity index is 2.54. The third-order valence-corrected chi connectivity index (χ3v) is 13.0. The maximum Gasteiger partial charge on any atom is 0.311 e. The predicted molar refractivity (Wildman–Crippen MR) is 156 cm³/mol. The summed E-state index contributed by atoms with van der Waals surface area (Å²) in [6.45, 7) is 17.7. The highest BCUT2D eigenvalue weighted by Gasteiger charge is 2.52. The molecule has 1 fully saturated rings. The molecule has 0 spiro atoms. The molecule has 0 saturated carbocycles. The molecule has 0 aliphatic carbocycles. The van der Waals surface area contributed by atoms with Crippen molar-refractivity contribution in [1.29, 1.82) is 0 Å². The number of rotatable bonds is 6. The smallest absolute Gasteiger partial charge is 0.311 e. The summed E-state index contributed by atoms with van der Waals surface area (Å²) in [4.78, 5) is 13.2. The minimum atomic E-state index is -2.09. The molecule has 0 amide bonds. The average Bonchev–Trinajstić information content (AvgIpc) is 2.77. The van der Waals surface area contributed by atoms with E-state index in [1.807, 2.05) is 22.3 Å². The Morgan fingerprint density at radius 3 is 2.39 bits per heavy atom. The molecule has 2 heterocycles. The van der Waals surface area contributed by atoms with Crippen molar-refractivity contribution in [1.82, 2.24) is 0 Å². The van der Waals surface area contributed by atoms with Gasteiger partial charge in [-0.05, 0) is 35.2 Å². The van der Waals surface area contributed by atoms with Crippen molar-refractivity contribution in [2.75, 3.05) is 14.2 Å². The Hall–Kier alpha value is -0.523. The maximum atomic E-state index is 13.2. The lowest BCUT2D eigenvalue weighted by atomic mass is 9.80. The first-order valence-electron chi connectivity index (χ1n) is 12.9. The van der Waals surface area contributed by atoms with Crippen LogP contribution in [0.4, 0.5) is 0 Å². The van der Waals surface area contributed by atoms with Gasteiger partial charge in [0.25, 0.3) is 0 Å². The van der Waals surface area contributed by atoms with E-state index in [2.05, 4.69) is 83.3 Å². The Morgan fingerprint density at radius 1 is 1.17 bits per heavy atom. The van der Waals surface area contributed by atoms with E-state index in [4.69, 9.17) is 23.4 Å². The van der Waals surface area contributed by atoms with Crippen molar-refractivity contribution >= 4 is 36.9 Å². The van der Waals surface area contributed by atoms with Crippen LogP contribution in [0.3, 0.4) is 0 Å². The van der Waals surface area contributed by atoms with E-state index in [1.54, 1.807) is 14.2 Å². The van der Waals surface area contributed by atoms with Crippen molar-refractivity contribution < 1.29 is 28.2 Å². The van der Waals surface area contributed by atoms with Gasteiger partial charge in [-0.2, -0.15) is 0 Å². The van der Waals surface area contributed by atoms with Gasteiger partial charge < -0.3 is 23.4 Å². The fourth-order valence-electron chi connectivity index (χ4n) is 4.81. The molecule has 8 heteroatoms. The van der Waals surface area contributed by atoms with Gasteiger partial charge in [-0.1, -0.05) is 81.0 Å². The Bertz CT molecular complexity index is 832. The largest absolute Gasteiger partial charge is 0.458 e. The third-order valence-electron chi connectivity index (χ3n) is 8.08. The molecular weight excluding hydrogens is 587 g/mol. The lowest BCUT2D eigenvalue weighted by Gasteiger charge is -2.52. The van der Waals surface area contributed by atoms with E-state index in [0.29, 0.717) is 12.8 Å². The summed E-state index contributed by atoms with van der Waals surface area (Å²) in [6.07, 6.45) is 8.06. The molecule has 206 valence electrons. The zero-order valence-electron chi connectivity index (χ0n) is 23.8. The van der Waals surface area contributed by atoms with Crippen molar-refractivity contribution in [2.45, 2.75) is 109 Å². The highest BCUT2D eigenvalue weighted by molar-refractivity contribution is 14.1. The summed E-state index contributed by atoms with van der Waals surface area (Å²) in [7, 11) is 1.26. The molecule has 0 unspecified atom stereocenters. The normalized spacial score (nSPS) is 36.8. The van der Waals surface area contributed by atoms with Gasteiger partial charge in [0.05, 0.1) is 24.7 Å². The predicted octanol–water partition coefficient (Wildman–Crippen LogP) is 6.95. The third kappa shape index (κ3) is 7.99. The molecule has 6 nitrogen and oxygen atoms in total. The van der Waals surface area contributed by atoms with E-state index in [0.717, 1.165) is 5.57 Å². The topological polar surface area (TPSA) is 63.2 Å². The molecule has 0 radical (unpaired) electrons. The zero-order chi connectivity index (χ0) is 27.3. The summed E-state index contributed by atoms with van der Waals surface area (Å²) >= 11 is 2.16. The molecule has 2 aliphatic heterocycles. The number of fused-ring (bicyclic) bond motifs is 2. The molecule has 7 atom stereocenters. The van der Waals surface area contributed by atoms with Crippen molar-refractivity contribution in [3.8, 4) is 0 Å². The first-order valence-corrected chi connectivity index (χ1v) is 17.1. The Kier molecular flexibility index (Phi) is 11.5. The zero-order valence-corrected chi connectivity index (χ0v) is 27.0. The lowest BCUT2D eigenvalue weighted by molar-refractivity contribution is -0.310. The highest BCUT2D eigenvalue weighted by atomic mass is 127. The number of cyclic esters (lactones) is 1. The van der Waals surface area contributed by atoms with Crippen molar-refractivity contribution in [3.63, 3.8) is 0 Å². The SMILES string of the molecule is CO[C@H]1/C=C(\C)C[C@@H](/C=C/C=C/I)OC(=O)C[C@]2(OC)C[C@@H](O[Si](C)(C)C(C)(C)C)[C@H](C)[C@H](O2)[C@H]1C. The molecule has 0 aromatic rings. The standard InChI is InChI=1S/C28H47IO6Si/c1-19-15-22(13-11-12-14-29)33-25(30)18-28(32-8)17-24(35-36(9,10)27(4,5)6)21(3)26(34-28)20(2)23(16-19)31-7/h11-14,16,20-24,26H,15,17-18H2,1-10H3/b13-11+,14-12+,19-16+/t20-,21-,22+,23-,24+,26+,28-/m0/s1. The van der Waals surface area contributed by atoms with Crippen LogP contribution < -0.4 is 0 Å². The first-order chi connectivity index (χ1) is 16.7. The molecule has 2 bridgehead atoms. The average molecular weight is 635 g/mol. The van der Waals surface area contributed by atoms with Gasteiger partial charge in [0.15, 0.2) is 14.1 Å². The van der Waals surface area contributed by atoms with Crippen LogP contribution in [-0.2, 0) is 28.2 Å². The van der Waals surface area contributed by atoms with Crippen LogP contribution in [-0.4, -0.2) is 58.7 Å². The van der Waals surface area contributed by atoms with E-state index in [9.17, 15) is 4.79 Å². The summed E-state index contributed by atoms with van der Waals surface area (Å²) in [5.74, 6) is -1.35. The fourth-order valence-corrected chi connectivity index (χ4v) is 6.46. The number of hydrogen-bond acceptors (Lipinski definition) is 6. The number of allylic oxidation sites excluding steroid dienone is 2. The number of hydrogen-bond donors (Lipinski definition) is 0. The minimum absolute atomic E-state index is 0.00365. The van der Waals surface area contributed by atoms with Gasteiger partial charge in [-0.15, -0.1) is 0 Å². The van der Waals surface area contributed by atoms with Crippen molar-refractivity contribution in [2.24, 2.45) is 11.8 Å². The molecule has 0 N–H and O–H groups in total. The molecule has 0 aromatic carbocycles. The Morgan fingerprint density at radius 2 is 1.83 bits per heavy atom. The monoisotopic (exact) mass is 634 g/mol. The van der Waals surface area contributed by atoms with Crippen LogP contribution in [0.5, 0.6) is 0 Å². The van der Waals surface area contributed by atoms with Crippen LogP contribution in [0.2, 0.25) is 18.1 Å². The fraction of sp³-hybridized carbons (Fsp3) is 0.750. The van der Waals surface area contributed by atoms with E-state index in [1.165, 1.54) is 0 Å². The summed E-state index contributed by atoms with van der Waals surface area (Å²) in [5.41, 5.74) is 1.10. The second-order valence-corrected chi connectivity index (χ2v) is 17.3. The summed E-state index contributed by atoms with van der Waals surface area (Å²) < 4.78 is 33.5. The van der Waals surface area contributed by atoms with Gasteiger partial charge in [-0.25, -0.2) is 0 Å². The number of carbonyl (C=O) groups is 1. The first kappa shape index (κ1) is 31.7. The van der Waals surface area contributed by atoms with Crippen LogP contribution in [0, 0.1) is 11.8 Å². The van der Waals surface area contributed by atoms with Crippen LogP contribution in [0.1, 0.15) is 60.8 Å². The molecule has 1 saturated heterocycles. The van der Waals surface area contributed by atoms with Gasteiger partial charge in [0.1, 0.15) is 6.10 Å². The van der Waals surface area contributed by atoms with E-state index in [-0.39, 0.29) is 53.7 Å². The highest BCUT2D eigenvalue weighted by Crippen LogP contribution is 2.45. The van der Waals surface area contributed by atoms with Crippen LogP contribution >= 0.6 is 22.6 Å². The van der Waals surface area contributed by atoms with Crippen molar-refractivity contribution in [3.05, 3.63) is 34.0 Å². The molecule has 2 rings (SSSR count). The summed E-state index contributed by atoms with van der Waals surface area (Å²) in [6, 6.07) is 0. The minimum Gasteiger partial charge on any atom is -0.458 e. The van der Waals surface area contributed by atoms with Crippen LogP contribution in [0.25, 0.3) is 0 Å². The summed E-state index contributed by atoms with van der Waals surface area (Å²) in [5, 5.41) is 0.0580. The Labute approximate surface area is 233 Å². The molecular formula is C28H47IO6Si. The number of esters is 1. The maximum absolute atomic E-state index is 13.2. The molecule has 0 aromatic heterocycles. The van der Waals surface area contributed by atoms with Gasteiger partial charge in [0.2, 0.25) is 0 Å². The quantitative estimate of drug-likeness (QED) is 0.104. The van der Waals surface area contributed by atoms with Crippen LogP contribution in [0.15, 0.2) is 34.0 Å². The van der Waals surface area contributed by atoms with E-state index >= 15 is 0 Å². The number of carbonyl (C=O) groups excluding carboxylic acids is 1. The lowest BCUT2D eigenvalue weighted by Crippen LogP contribution is -2.59.